The Morgan fingerprint density at radius 3 is 2.67 bits per heavy atom. The lowest BCUT2D eigenvalue weighted by molar-refractivity contribution is 1.02. The highest BCUT2D eigenvalue weighted by Gasteiger charge is 2.08. The second kappa shape index (κ2) is 5.54. The van der Waals surface area contributed by atoms with Crippen LogP contribution in [0.1, 0.15) is 11.3 Å². The molecule has 0 amide bonds. The molecule has 0 saturated carbocycles. The smallest absolute Gasteiger partial charge is 0.223 e. The van der Waals surface area contributed by atoms with E-state index in [2.05, 4.69) is 20.3 Å². The van der Waals surface area contributed by atoms with Crippen molar-refractivity contribution in [3.05, 3.63) is 34.6 Å². The molecule has 0 aliphatic heterocycles. The van der Waals surface area contributed by atoms with Crippen LogP contribution in [0.4, 0.5) is 5.95 Å². The number of hydrogen-bond donors (Lipinski definition) is 1. The van der Waals surface area contributed by atoms with Gasteiger partial charge in [-0.2, -0.15) is 0 Å². The summed E-state index contributed by atoms with van der Waals surface area (Å²) < 4.78 is 0. The van der Waals surface area contributed by atoms with Gasteiger partial charge >= 0.3 is 0 Å². The van der Waals surface area contributed by atoms with Crippen LogP contribution in [-0.4, -0.2) is 22.0 Å². The van der Waals surface area contributed by atoms with Crippen molar-refractivity contribution in [1.29, 1.82) is 0 Å². The van der Waals surface area contributed by atoms with Crippen molar-refractivity contribution in [2.45, 2.75) is 23.9 Å². The van der Waals surface area contributed by atoms with Gasteiger partial charge in [0.05, 0.1) is 11.2 Å². The van der Waals surface area contributed by atoms with Gasteiger partial charge in [-0.25, -0.2) is 15.0 Å². The molecule has 0 unspecified atom stereocenters. The quantitative estimate of drug-likeness (QED) is 0.874. The van der Waals surface area contributed by atoms with Gasteiger partial charge in [-0.05, 0) is 43.3 Å². The van der Waals surface area contributed by atoms with Gasteiger partial charge in [-0.15, -0.1) is 0 Å². The largest absolute Gasteiger partial charge is 0.357 e. The van der Waals surface area contributed by atoms with Gasteiger partial charge in [0.1, 0.15) is 10.1 Å². The molecule has 0 radical (unpaired) electrons. The molecule has 2 aromatic heterocycles. The summed E-state index contributed by atoms with van der Waals surface area (Å²) in [6.07, 6.45) is 1.59. The maximum Gasteiger partial charge on any atom is 0.223 e. The van der Waals surface area contributed by atoms with Crippen molar-refractivity contribution in [2.75, 3.05) is 12.4 Å². The second-order valence-electron chi connectivity index (χ2n) is 3.82. The van der Waals surface area contributed by atoms with Crippen molar-refractivity contribution in [3.8, 4) is 0 Å². The van der Waals surface area contributed by atoms with Crippen molar-refractivity contribution >= 4 is 29.3 Å². The molecule has 0 atom stereocenters. The molecular weight excluding hydrogens is 268 g/mol. The highest BCUT2D eigenvalue weighted by Crippen LogP contribution is 2.31. The van der Waals surface area contributed by atoms with Crippen molar-refractivity contribution < 1.29 is 0 Å². The molecule has 18 heavy (non-hydrogen) atoms. The zero-order chi connectivity index (χ0) is 13.1. The summed E-state index contributed by atoms with van der Waals surface area (Å²) in [5.41, 5.74) is 2.15. The third kappa shape index (κ3) is 3.11. The predicted octanol–water partition coefficient (Wildman–Crippen LogP) is 3.33. The van der Waals surface area contributed by atoms with Crippen LogP contribution in [0.3, 0.4) is 0 Å². The van der Waals surface area contributed by atoms with Crippen LogP contribution < -0.4 is 5.32 Å². The van der Waals surface area contributed by atoms with Gasteiger partial charge < -0.3 is 5.32 Å². The molecule has 2 rings (SSSR count). The van der Waals surface area contributed by atoms with Crippen LogP contribution in [0.2, 0.25) is 5.02 Å². The average Bonchev–Trinajstić information content (AvgIpc) is 2.30. The Hall–Kier alpha value is -1.33. The number of aryl methyl sites for hydroxylation is 2. The molecule has 0 aromatic carbocycles. The van der Waals surface area contributed by atoms with E-state index in [1.807, 2.05) is 26.0 Å². The molecule has 0 aliphatic rings. The number of nitrogens with one attached hydrogen (secondary N) is 1. The molecule has 0 spiro atoms. The van der Waals surface area contributed by atoms with Crippen LogP contribution in [-0.2, 0) is 0 Å². The van der Waals surface area contributed by atoms with Gasteiger partial charge in [-0.1, -0.05) is 11.6 Å². The zero-order valence-electron chi connectivity index (χ0n) is 10.4. The first-order chi connectivity index (χ1) is 8.58. The number of anilines is 1. The van der Waals surface area contributed by atoms with E-state index in [1.165, 1.54) is 17.3 Å². The fourth-order valence-electron chi connectivity index (χ4n) is 1.50. The van der Waals surface area contributed by atoms with E-state index in [-0.39, 0.29) is 0 Å². The molecule has 0 fully saturated rings. The molecular formula is C12H13ClN4S. The molecule has 1 N–H and O–H groups in total. The zero-order valence-corrected chi connectivity index (χ0v) is 11.9. The minimum Gasteiger partial charge on any atom is -0.357 e. The Kier molecular flexibility index (Phi) is 4.04. The Bertz CT molecular complexity index is 554. The number of aromatic nitrogens is 3. The predicted molar refractivity (Wildman–Crippen MR) is 74.4 cm³/mol. The van der Waals surface area contributed by atoms with E-state index in [0.29, 0.717) is 16.0 Å². The highest BCUT2D eigenvalue weighted by molar-refractivity contribution is 7.99. The monoisotopic (exact) mass is 280 g/mol. The van der Waals surface area contributed by atoms with Crippen LogP contribution in [0.15, 0.2) is 28.4 Å². The van der Waals surface area contributed by atoms with Gasteiger partial charge in [0.15, 0.2) is 0 Å². The highest BCUT2D eigenvalue weighted by atomic mass is 35.5. The summed E-state index contributed by atoms with van der Waals surface area (Å²) in [7, 11) is 1.77. The third-order valence-corrected chi connectivity index (χ3v) is 3.52. The molecule has 0 saturated heterocycles. The van der Waals surface area contributed by atoms with E-state index in [9.17, 15) is 0 Å². The Balaban J connectivity index is 2.33. The van der Waals surface area contributed by atoms with E-state index < -0.39 is 0 Å². The molecule has 94 valence electrons. The van der Waals surface area contributed by atoms with Crippen LogP contribution in [0.5, 0.6) is 0 Å². The number of rotatable bonds is 3. The Morgan fingerprint density at radius 2 is 2.00 bits per heavy atom. The first kappa shape index (κ1) is 13.1. The summed E-state index contributed by atoms with van der Waals surface area (Å²) in [5, 5.41) is 5.00. The molecule has 2 aromatic rings. The summed E-state index contributed by atoms with van der Waals surface area (Å²) >= 11 is 7.52. The number of halogens is 1. The second-order valence-corrected chi connectivity index (χ2v) is 5.24. The van der Waals surface area contributed by atoms with E-state index in [0.717, 1.165) is 10.7 Å². The van der Waals surface area contributed by atoms with Crippen molar-refractivity contribution in [3.63, 3.8) is 0 Å². The van der Waals surface area contributed by atoms with Gasteiger partial charge in [-0.3, -0.25) is 0 Å². The Morgan fingerprint density at radius 1 is 1.22 bits per heavy atom. The lowest BCUT2D eigenvalue weighted by Gasteiger charge is -2.06. The fourth-order valence-corrected chi connectivity index (χ4v) is 2.62. The topological polar surface area (TPSA) is 50.7 Å². The molecule has 6 heteroatoms. The molecule has 4 nitrogen and oxygen atoms in total. The normalized spacial score (nSPS) is 10.4. The number of nitrogens with zero attached hydrogens (tertiary/aromatic N) is 3. The van der Waals surface area contributed by atoms with Crippen molar-refractivity contribution in [1.82, 2.24) is 15.0 Å². The van der Waals surface area contributed by atoms with E-state index in [1.54, 1.807) is 13.2 Å². The lowest BCUT2D eigenvalue weighted by Crippen LogP contribution is -1.97. The van der Waals surface area contributed by atoms with Crippen LogP contribution in [0.25, 0.3) is 0 Å². The summed E-state index contributed by atoms with van der Waals surface area (Å²) in [4.78, 5) is 12.8. The fraction of sp³-hybridized carbons (Fsp3) is 0.250. The minimum absolute atomic E-state index is 0.528. The van der Waals surface area contributed by atoms with Crippen LogP contribution in [0, 0.1) is 13.8 Å². The summed E-state index contributed by atoms with van der Waals surface area (Å²) in [5.74, 6) is 0.547. The first-order valence-corrected chi connectivity index (χ1v) is 6.61. The van der Waals surface area contributed by atoms with E-state index >= 15 is 0 Å². The van der Waals surface area contributed by atoms with Gasteiger partial charge in [0.2, 0.25) is 5.95 Å². The molecule has 2 heterocycles. The minimum atomic E-state index is 0.528. The Labute approximate surface area is 115 Å². The standard InChI is InChI=1S/C12H13ClN4S/c1-7-4-8(2)16-10(5-7)18-11-9(13)6-15-12(14-3)17-11/h4-6H,1-3H3,(H,14,15,17). The van der Waals surface area contributed by atoms with Gasteiger partial charge in [0.25, 0.3) is 0 Å². The number of pyridine rings is 1. The van der Waals surface area contributed by atoms with E-state index in [4.69, 9.17) is 11.6 Å². The lowest BCUT2D eigenvalue weighted by atomic mass is 10.3. The SMILES string of the molecule is CNc1ncc(Cl)c(Sc2cc(C)cc(C)n2)n1. The summed E-state index contributed by atoms with van der Waals surface area (Å²) in [6, 6.07) is 4.04. The van der Waals surface area contributed by atoms with Gasteiger partial charge in [0, 0.05) is 12.7 Å². The number of hydrogen-bond acceptors (Lipinski definition) is 5. The maximum absolute atomic E-state index is 6.08. The first-order valence-electron chi connectivity index (χ1n) is 5.42. The molecule has 0 aliphatic carbocycles. The summed E-state index contributed by atoms with van der Waals surface area (Å²) in [6.45, 7) is 4.01. The average molecular weight is 281 g/mol. The van der Waals surface area contributed by atoms with Crippen LogP contribution >= 0.6 is 23.4 Å². The van der Waals surface area contributed by atoms with Crippen molar-refractivity contribution in [2.24, 2.45) is 0 Å². The third-order valence-electron chi connectivity index (χ3n) is 2.21. The maximum atomic E-state index is 6.08. The molecule has 0 bridgehead atoms.